The number of piperidine rings is 1. The van der Waals surface area contributed by atoms with Gasteiger partial charge in [-0.2, -0.15) is 0 Å². The van der Waals surface area contributed by atoms with Crippen molar-refractivity contribution in [3.63, 3.8) is 0 Å². The van der Waals surface area contributed by atoms with Gasteiger partial charge < -0.3 is 9.88 Å². The summed E-state index contributed by atoms with van der Waals surface area (Å²) < 4.78 is 2.22. The van der Waals surface area contributed by atoms with Crippen LogP contribution in [0.5, 0.6) is 0 Å². The predicted octanol–water partition coefficient (Wildman–Crippen LogP) is 2.45. The third-order valence-electron chi connectivity index (χ3n) is 5.30. The van der Waals surface area contributed by atoms with Crippen LogP contribution in [0.15, 0.2) is 42.7 Å². The topological polar surface area (TPSA) is 33.1 Å². The highest BCUT2D eigenvalue weighted by atomic mass is 15.2. The van der Waals surface area contributed by atoms with Crippen molar-refractivity contribution >= 4 is 0 Å². The third kappa shape index (κ3) is 2.69. The van der Waals surface area contributed by atoms with Crippen LogP contribution < -0.4 is 5.32 Å². The van der Waals surface area contributed by atoms with Gasteiger partial charge in [-0.3, -0.25) is 4.90 Å². The molecule has 1 aromatic heterocycles. The van der Waals surface area contributed by atoms with Crippen molar-refractivity contribution in [3.8, 4) is 5.69 Å². The number of aromatic nitrogens is 2. The van der Waals surface area contributed by atoms with E-state index in [4.69, 9.17) is 0 Å². The average Bonchev–Trinajstić information content (AvgIpc) is 3.17. The van der Waals surface area contributed by atoms with Crippen molar-refractivity contribution in [2.75, 3.05) is 26.2 Å². The molecule has 4 rings (SSSR count). The molecule has 2 saturated heterocycles. The molecule has 0 amide bonds. The Balaban J connectivity index is 1.48. The van der Waals surface area contributed by atoms with Gasteiger partial charge in [0.1, 0.15) is 5.82 Å². The molecule has 0 aliphatic carbocycles. The summed E-state index contributed by atoms with van der Waals surface area (Å²) >= 11 is 0. The van der Waals surface area contributed by atoms with E-state index in [0.717, 1.165) is 12.4 Å². The first-order chi connectivity index (χ1) is 10.8. The maximum Gasteiger partial charge on any atom is 0.127 e. The Morgan fingerprint density at radius 1 is 1.09 bits per heavy atom. The van der Waals surface area contributed by atoms with Crippen LogP contribution in [0.25, 0.3) is 5.69 Å². The molecule has 0 radical (unpaired) electrons. The number of benzene rings is 1. The zero-order chi connectivity index (χ0) is 14.8. The van der Waals surface area contributed by atoms with Gasteiger partial charge in [-0.1, -0.05) is 18.2 Å². The lowest BCUT2D eigenvalue weighted by Gasteiger charge is -2.33. The number of para-hydroxylation sites is 1. The van der Waals surface area contributed by atoms with E-state index in [1.807, 2.05) is 6.20 Å². The lowest BCUT2D eigenvalue weighted by molar-refractivity contribution is 0.192. The van der Waals surface area contributed by atoms with Gasteiger partial charge in [0.25, 0.3) is 0 Å². The molecule has 1 aromatic carbocycles. The van der Waals surface area contributed by atoms with Crippen LogP contribution in [-0.4, -0.2) is 40.6 Å². The number of hydrogen-bond donors (Lipinski definition) is 1. The average molecular weight is 296 g/mol. The molecule has 0 atom stereocenters. The van der Waals surface area contributed by atoms with Crippen LogP contribution in [0, 0.1) is 5.41 Å². The summed E-state index contributed by atoms with van der Waals surface area (Å²) in [5, 5.41) is 3.49. The number of likely N-dealkylation sites (tertiary alicyclic amines) is 1. The van der Waals surface area contributed by atoms with Gasteiger partial charge in [0, 0.05) is 24.6 Å². The largest absolute Gasteiger partial charge is 0.317 e. The molecule has 2 aliphatic heterocycles. The summed E-state index contributed by atoms with van der Waals surface area (Å²) in [7, 11) is 0. The molecule has 3 heterocycles. The Bertz CT molecular complexity index is 613. The van der Waals surface area contributed by atoms with Crippen molar-refractivity contribution < 1.29 is 0 Å². The Morgan fingerprint density at radius 3 is 2.73 bits per heavy atom. The number of imidazole rings is 1. The van der Waals surface area contributed by atoms with Crippen molar-refractivity contribution in [2.45, 2.75) is 25.8 Å². The maximum absolute atomic E-state index is 4.60. The number of hydrogen-bond acceptors (Lipinski definition) is 3. The van der Waals surface area contributed by atoms with E-state index >= 15 is 0 Å². The number of nitrogens with zero attached hydrogens (tertiary/aromatic N) is 3. The smallest absolute Gasteiger partial charge is 0.127 e. The summed E-state index contributed by atoms with van der Waals surface area (Å²) in [4.78, 5) is 7.19. The lowest BCUT2D eigenvalue weighted by Crippen LogP contribution is -2.38. The Kier molecular flexibility index (Phi) is 3.72. The molecule has 1 N–H and O–H groups in total. The molecule has 2 fully saturated rings. The van der Waals surface area contributed by atoms with Gasteiger partial charge in [-0.05, 0) is 56.4 Å². The summed E-state index contributed by atoms with van der Waals surface area (Å²) in [6.07, 6.45) is 7.99. The van der Waals surface area contributed by atoms with Crippen molar-refractivity contribution in [2.24, 2.45) is 5.41 Å². The summed E-state index contributed by atoms with van der Waals surface area (Å²) in [5.41, 5.74) is 1.76. The van der Waals surface area contributed by atoms with Gasteiger partial charge in [0.2, 0.25) is 0 Å². The number of nitrogens with one attached hydrogen (secondary N) is 1. The van der Waals surface area contributed by atoms with Crippen molar-refractivity contribution in [1.82, 2.24) is 19.8 Å². The molecule has 0 saturated carbocycles. The minimum atomic E-state index is 0.565. The van der Waals surface area contributed by atoms with E-state index < -0.39 is 0 Å². The van der Waals surface area contributed by atoms with Crippen LogP contribution >= 0.6 is 0 Å². The highest BCUT2D eigenvalue weighted by molar-refractivity contribution is 5.32. The van der Waals surface area contributed by atoms with Crippen LogP contribution in [0.2, 0.25) is 0 Å². The van der Waals surface area contributed by atoms with Crippen LogP contribution in [0.4, 0.5) is 0 Å². The minimum Gasteiger partial charge on any atom is -0.317 e. The molecule has 0 unspecified atom stereocenters. The highest BCUT2D eigenvalue weighted by Gasteiger charge is 2.38. The SMILES string of the molecule is c1ccc(-n2ccnc2CN2CCC3(CCNCC3)C2)cc1. The lowest BCUT2D eigenvalue weighted by atomic mass is 9.78. The van der Waals surface area contributed by atoms with Crippen LogP contribution in [0.3, 0.4) is 0 Å². The second-order valence-corrected chi connectivity index (χ2v) is 6.76. The molecule has 4 nitrogen and oxygen atoms in total. The fourth-order valence-electron chi connectivity index (χ4n) is 4.00. The highest BCUT2D eigenvalue weighted by Crippen LogP contribution is 2.38. The zero-order valence-electron chi connectivity index (χ0n) is 13.0. The summed E-state index contributed by atoms with van der Waals surface area (Å²) in [6.45, 7) is 5.77. The second-order valence-electron chi connectivity index (χ2n) is 6.76. The Labute approximate surface area is 132 Å². The summed E-state index contributed by atoms with van der Waals surface area (Å²) in [5.74, 6) is 1.15. The summed E-state index contributed by atoms with van der Waals surface area (Å²) in [6, 6.07) is 10.5. The quantitative estimate of drug-likeness (QED) is 0.944. The molecule has 22 heavy (non-hydrogen) atoms. The monoisotopic (exact) mass is 296 g/mol. The van der Waals surface area contributed by atoms with Gasteiger partial charge in [-0.25, -0.2) is 4.98 Å². The van der Waals surface area contributed by atoms with E-state index in [1.165, 1.54) is 51.1 Å². The Morgan fingerprint density at radius 2 is 1.91 bits per heavy atom. The van der Waals surface area contributed by atoms with Gasteiger partial charge in [0.15, 0.2) is 0 Å². The van der Waals surface area contributed by atoms with Gasteiger partial charge in [-0.15, -0.1) is 0 Å². The molecular weight excluding hydrogens is 272 g/mol. The molecule has 2 aliphatic rings. The predicted molar refractivity (Wildman–Crippen MR) is 88.0 cm³/mol. The Hall–Kier alpha value is -1.65. The first-order valence-corrected chi connectivity index (χ1v) is 8.35. The zero-order valence-corrected chi connectivity index (χ0v) is 13.0. The fourth-order valence-corrected chi connectivity index (χ4v) is 4.00. The van der Waals surface area contributed by atoms with Gasteiger partial charge >= 0.3 is 0 Å². The maximum atomic E-state index is 4.60. The van der Waals surface area contributed by atoms with E-state index in [0.29, 0.717) is 5.41 Å². The van der Waals surface area contributed by atoms with Crippen LogP contribution in [0.1, 0.15) is 25.1 Å². The number of rotatable bonds is 3. The molecular formula is C18H24N4. The third-order valence-corrected chi connectivity index (χ3v) is 5.30. The van der Waals surface area contributed by atoms with Crippen molar-refractivity contribution in [1.29, 1.82) is 0 Å². The second kappa shape index (κ2) is 5.86. The molecule has 0 bridgehead atoms. The van der Waals surface area contributed by atoms with E-state index in [1.54, 1.807) is 0 Å². The van der Waals surface area contributed by atoms with Crippen LogP contribution in [-0.2, 0) is 6.54 Å². The van der Waals surface area contributed by atoms with Crippen molar-refractivity contribution in [3.05, 3.63) is 48.5 Å². The standard InChI is InChI=1S/C18H24N4/c1-2-4-16(5-3-1)22-13-11-20-17(22)14-21-12-8-18(15-21)6-9-19-10-7-18/h1-5,11,13,19H,6-10,12,14-15H2. The molecule has 2 aromatic rings. The van der Waals surface area contributed by atoms with Gasteiger partial charge in [0.05, 0.1) is 6.54 Å². The molecule has 116 valence electrons. The first kappa shape index (κ1) is 14.0. The fraction of sp³-hybridized carbons (Fsp3) is 0.500. The minimum absolute atomic E-state index is 0.565. The molecule has 1 spiro atoms. The normalized spacial score (nSPS) is 21.5. The van der Waals surface area contributed by atoms with E-state index in [-0.39, 0.29) is 0 Å². The van der Waals surface area contributed by atoms with E-state index in [2.05, 4.69) is 56.3 Å². The van der Waals surface area contributed by atoms with E-state index in [9.17, 15) is 0 Å². The molecule has 4 heteroatoms. The first-order valence-electron chi connectivity index (χ1n) is 8.35.